The first-order valence-corrected chi connectivity index (χ1v) is 7.00. The number of rotatable bonds is 4. The van der Waals surface area contributed by atoms with Crippen molar-refractivity contribution in [1.82, 2.24) is 15.2 Å². The largest absolute Gasteiger partial charge is 0.361 e. The fourth-order valence-electron chi connectivity index (χ4n) is 2.28. The van der Waals surface area contributed by atoms with Crippen LogP contribution in [0.25, 0.3) is 10.9 Å². The Morgan fingerprint density at radius 2 is 1.90 bits per heavy atom. The Kier molecular flexibility index (Phi) is 4.31. The van der Waals surface area contributed by atoms with Crippen molar-refractivity contribution in [3.8, 4) is 0 Å². The van der Waals surface area contributed by atoms with Gasteiger partial charge in [0, 0.05) is 25.7 Å². The van der Waals surface area contributed by atoms with Gasteiger partial charge in [-0.05, 0) is 18.1 Å². The minimum Gasteiger partial charge on any atom is -0.361 e. The number of hydrogen-bond acceptors (Lipinski definition) is 2. The molecule has 2 amide bonds. The second-order valence-corrected chi connectivity index (χ2v) is 5.68. The molecule has 21 heavy (non-hydrogen) atoms. The summed E-state index contributed by atoms with van der Waals surface area (Å²) in [5.74, 6) is -0.319. The van der Waals surface area contributed by atoms with E-state index in [4.69, 9.17) is 0 Å². The molecule has 0 fully saturated rings. The van der Waals surface area contributed by atoms with Crippen LogP contribution in [0.2, 0.25) is 0 Å². The van der Waals surface area contributed by atoms with E-state index in [9.17, 15) is 9.59 Å². The summed E-state index contributed by atoms with van der Waals surface area (Å²) in [5.41, 5.74) is 1.34. The van der Waals surface area contributed by atoms with Gasteiger partial charge in [0.2, 0.25) is 5.91 Å². The average Bonchev–Trinajstić information content (AvgIpc) is 2.91. The van der Waals surface area contributed by atoms with E-state index >= 15 is 0 Å². The molecule has 1 atom stereocenters. The van der Waals surface area contributed by atoms with Crippen LogP contribution in [-0.2, 0) is 4.79 Å². The van der Waals surface area contributed by atoms with E-state index in [1.165, 1.54) is 4.90 Å². The molecule has 0 unspecified atom stereocenters. The van der Waals surface area contributed by atoms with Crippen molar-refractivity contribution < 1.29 is 9.59 Å². The average molecular weight is 287 g/mol. The van der Waals surface area contributed by atoms with Crippen LogP contribution in [0.4, 0.5) is 0 Å². The third kappa shape index (κ3) is 3.07. The molecule has 5 nitrogen and oxygen atoms in total. The number of amides is 2. The van der Waals surface area contributed by atoms with Gasteiger partial charge in [-0.3, -0.25) is 9.59 Å². The van der Waals surface area contributed by atoms with Crippen LogP contribution in [0.15, 0.2) is 30.5 Å². The van der Waals surface area contributed by atoms with Crippen molar-refractivity contribution in [3.63, 3.8) is 0 Å². The number of carbonyl (C=O) groups is 2. The van der Waals surface area contributed by atoms with E-state index in [0.29, 0.717) is 5.56 Å². The second-order valence-electron chi connectivity index (χ2n) is 5.68. The molecule has 2 N–H and O–H groups in total. The fraction of sp³-hybridized carbons (Fsp3) is 0.375. The number of fused-ring (bicyclic) bond motifs is 1. The molecule has 1 aromatic carbocycles. The normalized spacial score (nSPS) is 12.4. The lowest BCUT2D eigenvalue weighted by Gasteiger charge is -2.24. The van der Waals surface area contributed by atoms with Crippen molar-refractivity contribution in [3.05, 3.63) is 36.0 Å². The molecule has 112 valence electrons. The Morgan fingerprint density at radius 3 is 2.52 bits per heavy atom. The third-order valence-corrected chi connectivity index (χ3v) is 3.49. The lowest BCUT2D eigenvalue weighted by atomic mass is 10.0. The highest BCUT2D eigenvalue weighted by Gasteiger charge is 2.26. The maximum Gasteiger partial charge on any atom is 0.254 e. The summed E-state index contributed by atoms with van der Waals surface area (Å²) in [4.78, 5) is 29.2. The number of carbonyl (C=O) groups excluding carboxylic acids is 2. The SMILES string of the molecule is CC(C)[C@H](NC(=O)c1cccc2cc[nH]c12)C(=O)N(C)C. The number of nitrogens with one attached hydrogen (secondary N) is 2. The van der Waals surface area contributed by atoms with Crippen LogP contribution in [0.1, 0.15) is 24.2 Å². The molecule has 2 rings (SSSR count). The van der Waals surface area contributed by atoms with E-state index in [0.717, 1.165) is 10.9 Å². The molecule has 0 radical (unpaired) electrons. The minimum absolute atomic E-state index is 0.0201. The van der Waals surface area contributed by atoms with Crippen LogP contribution in [0.5, 0.6) is 0 Å². The number of aromatic amines is 1. The van der Waals surface area contributed by atoms with Crippen molar-refractivity contribution in [1.29, 1.82) is 0 Å². The van der Waals surface area contributed by atoms with Crippen LogP contribution in [-0.4, -0.2) is 41.8 Å². The van der Waals surface area contributed by atoms with Crippen LogP contribution < -0.4 is 5.32 Å². The van der Waals surface area contributed by atoms with Gasteiger partial charge in [0.25, 0.3) is 5.91 Å². The molecule has 2 aromatic rings. The van der Waals surface area contributed by atoms with Crippen molar-refractivity contribution in [2.45, 2.75) is 19.9 Å². The number of likely N-dealkylation sites (N-methyl/N-ethyl adjacent to an activating group) is 1. The molecule has 1 heterocycles. The first kappa shape index (κ1) is 15.1. The van der Waals surface area contributed by atoms with Crippen molar-refractivity contribution >= 4 is 22.7 Å². The zero-order valence-electron chi connectivity index (χ0n) is 12.8. The molecule has 0 bridgehead atoms. The number of H-pyrrole nitrogens is 1. The lowest BCUT2D eigenvalue weighted by Crippen LogP contribution is -2.49. The summed E-state index contributed by atoms with van der Waals surface area (Å²) < 4.78 is 0. The van der Waals surface area contributed by atoms with Crippen LogP contribution >= 0.6 is 0 Å². The van der Waals surface area contributed by atoms with Gasteiger partial charge in [0.05, 0.1) is 11.1 Å². The van der Waals surface area contributed by atoms with Gasteiger partial charge in [-0.2, -0.15) is 0 Å². The van der Waals surface area contributed by atoms with Crippen LogP contribution in [0.3, 0.4) is 0 Å². The number of aromatic nitrogens is 1. The zero-order chi connectivity index (χ0) is 15.6. The van der Waals surface area contributed by atoms with E-state index in [1.54, 1.807) is 26.4 Å². The predicted molar refractivity (Wildman–Crippen MR) is 83.1 cm³/mol. The third-order valence-electron chi connectivity index (χ3n) is 3.49. The highest BCUT2D eigenvalue weighted by molar-refractivity contribution is 6.06. The Bertz CT molecular complexity index is 658. The van der Waals surface area contributed by atoms with Gasteiger partial charge in [-0.25, -0.2) is 0 Å². The summed E-state index contributed by atoms with van der Waals surface area (Å²) in [5, 5.41) is 3.82. The molecule has 0 saturated carbocycles. The Balaban J connectivity index is 2.27. The summed E-state index contributed by atoms with van der Waals surface area (Å²) in [7, 11) is 3.38. The van der Waals surface area contributed by atoms with Gasteiger partial charge in [0.15, 0.2) is 0 Å². The Labute approximate surface area is 124 Å². The topological polar surface area (TPSA) is 65.2 Å². The quantitative estimate of drug-likeness (QED) is 0.903. The molecular formula is C16H21N3O2. The van der Waals surface area contributed by atoms with Gasteiger partial charge in [0.1, 0.15) is 6.04 Å². The number of benzene rings is 1. The minimum atomic E-state index is -0.530. The van der Waals surface area contributed by atoms with E-state index in [-0.39, 0.29) is 17.7 Å². The van der Waals surface area contributed by atoms with Crippen LogP contribution in [0, 0.1) is 5.92 Å². The molecule has 0 aliphatic rings. The Hall–Kier alpha value is -2.30. The van der Waals surface area contributed by atoms with Gasteiger partial charge in [-0.1, -0.05) is 26.0 Å². The summed E-state index contributed by atoms with van der Waals surface area (Å²) in [6.07, 6.45) is 1.80. The first-order chi connectivity index (χ1) is 9.91. The molecule has 0 saturated heterocycles. The van der Waals surface area contributed by atoms with E-state index in [1.807, 2.05) is 32.0 Å². The smallest absolute Gasteiger partial charge is 0.254 e. The van der Waals surface area contributed by atoms with E-state index in [2.05, 4.69) is 10.3 Å². The number of para-hydroxylation sites is 1. The molecule has 1 aromatic heterocycles. The number of hydrogen-bond donors (Lipinski definition) is 2. The number of nitrogens with zero attached hydrogens (tertiary/aromatic N) is 1. The summed E-state index contributed by atoms with van der Waals surface area (Å²) in [6.45, 7) is 3.84. The first-order valence-electron chi connectivity index (χ1n) is 7.00. The van der Waals surface area contributed by atoms with Crippen molar-refractivity contribution in [2.24, 2.45) is 5.92 Å². The van der Waals surface area contributed by atoms with Gasteiger partial charge < -0.3 is 15.2 Å². The van der Waals surface area contributed by atoms with E-state index < -0.39 is 6.04 Å². The summed E-state index contributed by atoms with van der Waals surface area (Å²) >= 11 is 0. The van der Waals surface area contributed by atoms with Gasteiger partial charge in [-0.15, -0.1) is 0 Å². The summed E-state index contributed by atoms with van der Waals surface area (Å²) in [6, 6.07) is 6.91. The Morgan fingerprint density at radius 1 is 1.19 bits per heavy atom. The lowest BCUT2D eigenvalue weighted by molar-refractivity contribution is -0.131. The monoisotopic (exact) mass is 287 g/mol. The highest BCUT2D eigenvalue weighted by atomic mass is 16.2. The molecule has 0 aliphatic carbocycles. The van der Waals surface area contributed by atoms with Crippen molar-refractivity contribution in [2.75, 3.05) is 14.1 Å². The fourth-order valence-corrected chi connectivity index (χ4v) is 2.28. The second kappa shape index (κ2) is 5.99. The molecule has 0 aliphatic heterocycles. The van der Waals surface area contributed by atoms with Gasteiger partial charge >= 0.3 is 0 Å². The maximum absolute atomic E-state index is 12.5. The predicted octanol–water partition coefficient (Wildman–Crippen LogP) is 2.01. The highest BCUT2D eigenvalue weighted by Crippen LogP contribution is 2.17. The zero-order valence-corrected chi connectivity index (χ0v) is 12.8. The standard InChI is InChI=1S/C16H21N3O2/c1-10(2)13(16(21)19(3)4)18-15(20)12-7-5-6-11-8-9-17-14(11)12/h5-10,13,17H,1-4H3,(H,18,20)/t13-/m0/s1. The molecule has 0 spiro atoms. The maximum atomic E-state index is 12.5. The molecule has 5 heteroatoms. The molecular weight excluding hydrogens is 266 g/mol.